The molecule has 0 saturated heterocycles. The Balaban J connectivity index is 1.52. The first kappa shape index (κ1) is 22.4. The summed E-state index contributed by atoms with van der Waals surface area (Å²) in [6.07, 6.45) is 18.0. The fourth-order valence-corrected chi connectivity index (χ4v) is 5.30. The lowest BCUT2D eigenvalue weighted by Crippen LogP contribution is -2.15. The summed E-state index contributed by atoms with van der Waals surface area (Å²) < 4.78 is 0. The molecule has 3 rings (SSSR count). The smallest absolute Gasteiger partial charge is 0.0162 e. The van der Waals surface area contributed by atoms with E-state index < -0.39 is 0 Å². The summed E-state index contributed by atoms with van der Waals surface area (Å²) in [5.74, 6) is 2.67. The third kappa shape index (κ3) is 6.87. The second kappa shape index (κ2) is 11.8. The number of rotatable bonds is 11. The van der Waals surface area contributed by atoms with Crippen LogP contribution in [0, 0.1) is 11.8 Å². The number of hydrogen-bond acceptors (Lipinski definition) is 0. The molecule has 160 valence electrons. The third-order valence-electron chi connectivity index (χ3n) is 7.50. The minimum atomic E-state index is 0.787. The monoisotopic (exact) mass is 392 g/mol. The molecule has 1 unspecified atom stereocenters. The third-order valence-corrected chi connectivity index (χ3v) is 7.50. The van der Waals surface area contributed by atoms with E-state index in [1.165, 1.54) is 99.8 Å². The Hall–Kier alpha value is -1.30. The average Bonchev–Trinajstić information content (AvgIpc) is 2.76. The predicted molar refractivity (Wildman–Crippen MR) is 130 cm³/mol. The maximum atomic E-state index is 2.49. The van der Waals surface area contributed by atoms with E-state index in [1.807, 2.05) is 0 Å². The lowest BCUT2D eigenvalue weighted by atomic mass is 9.75. The molecule has 0 aromatic heterocycles. The molecule has 0 amide bonds. The molecule has 2 aromatic rings. The van der Waals surface area contributed by atoms with Gasteiger partial charge in [-0.15, -0.1) is 0 Å². The van der Waals surface area contributed by atoms with Gasteiger partial charge in [0.2, 0.25) is 0 Å². The summed E-state index contributed by atoms with van der Waals surface area (Å²) in [5.41, 5.74) is 3.11. The molecule has 0 radical (unpaired) electrons. The van der Waals surface area contributed by atoms with Crippen LogP contribution < -0.4 is 0 Å². The van der Waals surface area contributed by atoms with Gasteiger partial charge < -0.3 is 0 Å². The Morgan fingerprint density at radius 3 is 2.24 bits per heavy atom. The Morgan fingerprint density at radius 1 is 0.793 bits per heavy atom. The summed E-state index contributed by atoms with van der Waals surface area (Å²) in [7, 11) is 0. The number of fused-ring (bicyclic) bond motifs is 1. The summed E-state index contributed by atoms with van der Waals surface area (Å²) in [5, 5.41) is 2.87. The highest BCUT2D eigenvalue weighted by molar-refractivity contribution is 5.84. The van der Waals surface area contributed by atoms with Gasteiger partial charge in [0.05, 0.1) is 0 Å². The van der Waals surface area contributed by atoms with Gasteiger partial charge in [-0.05, 0) is 84.6 Å². The molecule has 1 saturated carbocycles. The molecule has 0 aliphatic heterocycles. The summed E-state index contributed by atoms with van der Waals surface area (Å²) >= 11 is 0. The predicted octanol–water partition coefficient (Wildman–Crippen LogP) is 9.45. The molecule has 0 nitrogen and oxygen atoms in total. The van der Waals surface area contributed by atoms with E-state index in [-0.39, 0.29) is 0 Å². The standard InChI is InChI=1S/C29H44/c1-4-6-7-8-9-10-11-24-14-17-29-22-28(19-18-27(29)21-24)26-15-12-25(13-16-26)20-23(3)5-2/h14,17-19,21-23,25-26H,4-13,15-16,20H2,1-3H3. The molecular formula is C29H44. The molecule has 0 heterocycles. The molecule has 29 heavy (non-hydrogen) atoms. The highest BCUT2D eigenvalue weighted by Gasteiger charge is 2.23. The fraction of sp³-hybridized carbons (Fsp3) is 0.655. The van der Waals surface area contributed by atoms with Crippen molar-refractivity contribution < 1.29 is 0 Å². The van der Waals surface area contributed by atoms with Crippen molar-refractivity contribution in [2.45, 2.75) is 110 Å². The van der Waals surface area contributed by atoms with Gasteiger partial charge in [-0.25, -0.2) is 0 Å². The van der Waals surface area contributed by atoms with Crippen LogP contribution >= 0.6 is 0 Å². The van der Waals surface area contributed by atoms with Crippen molar-refractivity contribution in [3.63, 3.8) is 0 Å². The van der Waals surface area contributed by atoms with Crippen molar-refractivity contribution in [2.24, 2.45) is 11.8 Å². The van der Waals surface area contributed by atoms with E-state index >= 15 is 0 Å². The van der Waals surface area contributed by atoms with Crippen LogP contribution in [0.15, 0.2) is 36.4 Å². The van der Waals surface area contributed by atoms with Crippen molar-refractivity contribution in [3.8, 4) is 0 Å². The topological polar surface area (TPSA) is 0 Å². The Bertz CT molecular complexity index is 720. The van der Waals surface area contributed by atoms with Crippen LogP contribution in [0.3, 0.4) is 0 Å². The van der Waals surface area contributed by atoms with Crippen molar-refractivity contribution in [1.29, 1.82) is 0 Å². The van der Waals surface area contributed by atoms with Crippen molar-refractivity contribution in [3.05, 3.63) is 47.5 Å². The molecule has 1 atom stereocenters. The first-order valence-electron chi connectivity index (χ1n) is 12.7. The molecule has 1 aliphatic rings. The second-order valence-electron chi connectivity index (χ2n) is 9.93. The Labute approximate surface area is 180 Å². The minimum absolute atomic E-state index is 0.787. The van der Waals surface area contributed by atoms with Gasteiger partial charge in [0.15, 0.2) is 0 Å². The number of unbranched alkanes of at least 4 members (excludes halogenated alkanes) is 5. The summed E-state index contributed by atoms with van der Waals surface area (Å²) in [6, 6.07) is 14.5. The minimum Gasteiger partial charge on any atom is -0.0654 e. The summed E-state index contributed by atoms with van der Waals surface area (Å²) in [4.78, 5) is 0. The molecule has 0 bridgehead atoms. The zero-order chi connectivity index (χ0) is 20.5. The van der Waals surface area contributed by atoms with Gasteiger partial charge >= 0.3 is 0 Å². The molecule has 1 aliphatic carbocycles. The van der Waals surface area contributed by atoms with Crippen molar-refractivity contribution >= 4 is 10.8 Å². The number of benzene rings is 2. The van der Waals surface area contributed by atoms with Gasteiger partial charge in [0.25, 0.3) is 0 Å². The number of aryl methyl sites for hydroxylation is 1. The lowest BCUT2D eigenvalue weighted by molar-refractivity contribution is 0.273. The van der Waals surface area contributed by atoms with Gasteiger partial charge in [0, 0.05) is 0 Å². The van der Waals surface area contributed by atoms with E-state index in [1.54, 1.807) is 5.56 Å². The lowest BCUT2D eigenvalue weighted by Gasteiger charge is -2.30. The van der Waals surface area contributed by atoms with Crippen molar-refractivity contribution in [2.75, 3.05) is 0 Å². The Kier molecular flexibility index (Phi) is 9.09. The van der Waals surface area contributed by atoms with Crippen LogP contribution in [0.5, 0.6) is 0 Å². The maximum Gasteiger partial charge on any atom is -0.0162 e. The van der Waals surface area contributed by atoms with Crippen molar-refractivity contribution in [1.82, 2.24) is 0 Å². The van der Waals surface area contributed by atoms with Crippen LogP contribution in [0.2, 0.25) is 0 Å². The van der Waals surface area contributed by atoms with Gasteiger partial charge in [-0.1, -0.05) is 95.7 Å². The summed E-state index contributed by atoms with van der Waals surface area (Å²) in [6.45, 7) is 7.06. The van der Waals surface area contributed by atoms with Crippen LogP contribution in [0.1, 0.15) is 115 Å². The first-order valence-corrected chi connectivity index (χ1v) is 12.7. The van der Waals surface area contributed by atoms with Gasteiger partial charge in [0.1, 0.15) is 0 Å². The fourth-order valence-electron chi connectivity index (χ4n) is 5.30. The second-order valence-corrected chi connectivity index (χ2v) is 9.93. The normalized spacial score (nSPS) is 20.8. The van der Waals surface area contributed by atoms with E-state index in [2.05, 4.69) is 57.2 Å². The van der Waals surface area contributed by atoms with Crippen LogP contribution in [0.4, 0.5) is 0 Å². The molecule has 2 aromatic carbocycles. The zero-order valence-corrected chi connectivity index (χ0v) is 19.4. The number of hydrogen-bond donors (Lipinski definition) is 0. The van der Waals surface area contributed by atoms with Crippen LogP contribution in [-0.2, 0) is 6.42 Å². The molecule has 0 heteroatoms. The molecule has 1 fully saturated rings. The highest BCUT2D eigenvalue weighted by atomic mass is 14.3. The average molecular weight is 393 g/mol. The van der Waals surface area contributed by atoms with E-state index in [0.717, 1.165) is 17.8 Å². The van der Waals surface area contributed by atoms with Crippen LogP contribution in [0.25, 0.3) is 10.8 Å². The van der Waals surface area contributed by atoms with E-state index in [4.69, 9.17) is 0 Å². The largest absolute Gasteiger partial charge is 0.0654 e. The quantitative estimate of drug-likeness (QED) is 0.334. The maximum absolute atomic E-state index is 2.49. The van der Waals surface area contributed by atoms with Gasteiger partial charge in [-0.3, -0.25) is 0 Å². The van der Waals surface area contributed by atoms with E-state index in [9.17, 15) is 0 Å². The Morgan fingerprint density at radius 2 is 1.48 bits per heavy atom. The highest BCUT2D eigenvalue weighted by Crippen LogP contribution is 2.39. The molecule has 0 N–H and O–H groups in total. The van der Waals surface area contributed by atoms with Crippen LogP contribution in [-0.4, -0.2) is 0 Å². The van der Waals surface area contributed by atoms with E-state index in [0.29, 0.717) is 0 Å². The first-order chi connectivity index (χ1) is 14.2. The molecule has 0 spiro atoms. The zero-order valence-electron chi connectivity index (χ0n) is 19.4. The molecular weight excluding hydrogens is 348 g/mol. The SMILES string of the molecule is CCCCCCCCc1ccc2cc(C3CCC(CC(C)CC)CC3)ccc2c1. The van der Waals surface area contributed by atoms with Gasteiger partial charge in [-0.2, -0.15) is 0 Å².